The third kappa shape index (κ3) is 4.93. The van der Waals surface area contributed by atoms with Crippen LogP contribution in [-0.4, -0.2) is 75.9 Å². The highest BCUT2D eigenvalue weighted by atomic mass is 16.7. The molecule has 0 amide bonds. The summed E-state index contributed by atoms with van der Waals surface area (Å²) in [6.45, 7) is 0.798. The molecule has 2 heterocycles. The van der Waals surface area contributed by atoms with Crippen molar-refractivity contribution in [2.24, 2.45) is 0 Å². The van der Waals surface area contributed by atoms with Gasteiger partial charge in [-0.1, -0.05) is 0 Å². The molecule has 5 N–H and O–H groups in total. The molecule has 1 fully saturated rings. The van der Waals surface area contributed by atoms with Gasteiger partial charge in [0.25, 0.3) is 0 Å². The topological polar surface area (TPSA) is 185 Å². The van der Waals surface area contributed by atoms with Gasteiger partial charge in [0.1, 0.15) is 59.3 Å². The van der Waals surface area contributed by atoms with Crippen LogP contribution in [0, 0.1) is 0 Å². The van der Waals surface area contributed by atoms with Crippen LogP contribution in [0.15, 0.2) is 45.6 Å². The summed E-state index contributed by atoms with van der Waals surface area (Å²) in [5.74, 6) is -0.993. The number of hydrogen-bond donors (Lipinski definition) is 5. The summed E-state index contributed by atoms with van der Waals surface area (Å²) in [6.07, 6.45) is -7.43. The fourth-order valence-electron chi connectivity index (χ4n) is 3.79. The number of benzene rings is 2. The largest absolute Gasteiger partial charge is 0.508 e. The maximum Gasteiger partial charge on any atom is 0.302 e. The predicted octanol–water partition coefficient (Wildman–Crippen LogP) is 0.629. The minimum Gasteiger partial charge on any atom is -0.508 e. The molecule has 12 heteroatoms. The lowest BCUT2D eigenvalue weighted by Crippen LogP contribution is -2.60. The van der Waals surface area contributed by atoms with Gasteiger partial charge in [0.2, 0.25) is 6.29 Å². The van der Waals surface area contributed by atoms with Gasteiger partial charge in [-0.25, -0.2) is 0 Å². The molecule has 0 aliphatic carbocycles. The highest BCUT2D eigenvalue weighted by Crippen LogP contribution is 2.36. The van der Waals surface area contributed by atoms with E-state index < -0.39 is 47.9 Å². The molecule has 1 saturated heterocycles. The molecule has 0 saturated carbocycles. The van der Waals surface area contributed by atoms with Gasteiger partial charge < -0.3 is 48.9 Å². The summed E-state index contributed by atoms with van der Waals surface area (Å²) >= 11 is 0. The van der Waals surface area contributed by atoms with Gasteiger partial charge >= 0.3 is 5.97 Å². The number of aliphatic hydroxyl groups excluding tert-OH is 3. The van der Waals surface area contributed by atoms with Crippen LogP contribution in [0.1, 0.15) is 6.92 Å². The highest BCUT2D eigenvalue weighted by molar-refractivity contribution is 5.86. The normalized spacial score (nSPS) is 23.9. The summed E-state index contributed by atoms with van der Waals surface area (Å²) in [6, 6.07) is 7.82. The van der Waals surface area contributed by atoms with Crippen molar-refractivity contribution in [3.8, 4) is 34.3 Å². The van der Waals surface area contributed by atoms with Crippen LogP contribution in [0.5, 0.6) is 23.0 Å². The first-order chi connectivity index (χ1) is 17.1. The Morgan fingerprint density at radius 2 is 1.75 bits per heavy atom. The summed E-state index contributed by atoms with van der Waals surface area (Å²) in [4.78, 5) is 23.6. The van der Waals surface area contributed by atoms with Crippen molar-refractivity contribution in [1.82, 2.24) is 0 Å². The molecule has 3 aromatic rings. The Hall–Kier alpha value is -3.84. The second kappa shape index (κ2) is 10.0. The molecular weight excluding hydrogens is 480 g/mol. The van der Waals surface area contributed by atoms with Crippen LogP contribution in [0.2, 0.25) is 0 Å². The van der Waals surface area contributed by atoms with E-state index >= 15 is 0 Å². The average Bonchev–Trinajstić information content (AvgIpc) is 2.82. The van der Waals surface area contributed by atoms with E-state index in [2.05, 4.69) is 0 Å². The molecule has 36 heavy (non-hydrogen) atoms. The number of rotatable bonds is 6. The lowest BCUT2D eigenvalue weighted by atomic mass is 9.99. The second-order valence-corrected chi connectivity index (χ2v) is 8.11. The number of fused-ring (bicyclic) bond motifs is 1. The summed E-state index contributed by atoms with van der Waals surface area (Å²) in [5.41, 5.74) is -0.179. The van der Waals surface area contributed by atoms with Crippen molar-refractivity contribution in [3.05, 3.63) is 46.6 Å². The molecule has 192 valence electrons. The minimum atomic E-state index is -1.64. The Morgan fingerprint density at radius 3 is 2.44 bits per heavy atom. The predicted molar refractivity (Wildman–Crippen MR) is 122 cm³/mol. The van der Waals surface area contributed by atoms with Crippen molar-refractivity contribution < 1.29 is 53.7 Å². The Morgan fingerprint density at radius 1 is 1.00 bits per heavy atom. The SMILES string of the molecule is COc1cc(-c2cc(=O)c3c(O)cc(O)cc3o2)ccc1O[C@H]1O[C@@H](COC(C)=O)[C@H](O)[C@@H](O)[C@@H]1O. The van der Waals surface area contributed by atoms with E-state index in [1.165, 1.54) is 44.4 Å². The second-order valence-electron chi connectivity index (χ2n) is 8.11. The smallest absolute Gasteiger partial charge is 0.302 e. The van der Waals surface area contributed by atoms with Crippen molar-refractivity contribution in [2.45, 2.75) is 37.6 Å². The number of ether oxygens (including phenoxy) is 4. The van der Waals surface area contributed by atoms with Crippen LogP contribution >= 0.6 is 0 Å². The molecule has 0 radical (unpaired) electrons. The van der Waals surface area contributed by atoms with E-state index in [0.717, 1.165) is 6.07 Å². The molecule has 0 spiro atoms. The number of methoxy groups -OCH3 is 1. The van der Waals surface area contributed by atoms with Crippen molar-refractivity contribution in [3.63, 3.8) is 0 Å². The van der Waals surface area contributed by atoms with Crippen LogP contribution in [0.3, 0.4) is 0 Å². The Kier molecular flexibility index (Phi) is 7.04. The van der Waals surface area contributed by atoms with Gasteiger partial charge in [0, 0.05) is 30.7 Å². The molecule has 4 rings (SSSR count). The zero-order valence-corrected chi connectivity index (χ0v) is 19.2. The van der Waals surface area contributed by atoms with E-state index in [-0.39, 0.29) is 40.6 Å². The van der Waals surface area contributed by atoms with Gasteiger partial charge in [-0.05, 0) is 18.2 Å². The molecule has 1 aliphatic rings. The maximum absolute atomic E-state index is 12.5. The molecule has 0 unspecified atom stereocenters. The zero-order valence-electron chi connectivity index (χ0n) is 19.2. The van der Waals surface area contributed by atoms with Crippen molar-refractivity contribution >= 4 is 16.9 Å². The van der Waals surface area contributed by atoms with E-state index in [9.17, 15) is 35.1 Å². The van der Waals surface area contributed by atoms with Crippen molar-refractivity contribution in [1.29, 1.82) is 0 Å². The zero-order chi connectivity index (χ0) is 26.1. The number of phenols is 2. The third-order valence-electron chi connectivity index (χ3n) is 5.61. The van der Waals surface area contributed by atoms with Gasteiger partial charge in [-0.15, -0.1) is 0 Å². The standard InChI is InChI=1S/C24H24O12/c1-10(25)33-9-19-21(29)22(30)23(31)24(36-19)35-15-4-3-11(5-17(15)32-2)16-8-14(28)20-13(27)6-12(26)7-18(20)34-16/h3-8,19,21-24,26-27,29-31H,9H2,1-2H3/t19-,21-,22+,23-,24-/m0/s1. The van der Waals surface area contributed by atoms with Gasteiger partial charge in [0.05, 0.1) is 7.11 Å². The number of carbonyl (C=O) groups is 1. The monoisotopic (exact) mass is 504 g/mol. The number of carbonyl (C=O) groups excluding carboxylic acids is 1. The summed E-state index contributed by atoms with van der Waals surface area (Å²) in [5, 5.41) is 50.3. The average molecular weight is 504 g/mol. The first-order valence-electron chi connectivity index (χ1n) is 10.8. The molecule has 1 aliphatic heterocycles. The van der Waals surface area contributed by atoms with Crippen LogP contribution in [-0.2, 0) is 14.3 Å². The number of aromatic hydroxyl groups is 2. The number of esters is 1. The fraction of sp³-hybridized carbons (Fsp3) is 0.333. The van der Waals surface area contributed by atoms with E-state index in [4.69, 9.17) is 23.4 Å². The molecule has 1 aromatic heterocycles. The summed E-state index contributed by atoms with van der Waals surface area (Å²) < 4.78 is 27.1. The van der Waals surface area contributed by atoms with Crippen LogP contribution in [0.25, 0.3) is 22.3 Å². The Balaban J connectivity index is 1.62. The van der Waals surface area contributed by atoms with E-state index in [1.807, 2.05) is 0 Å². The molecule has 5 atom stereocenters. The Bertz CT molecular complexity index is 1330. The quantitative estimate of drug-likeness (QED) is 0.295. The maximum atomic E-state index is 12.5. The first-order valence-corrected chi connectivity index (χ1v) is 10.8. The van der Waals surface area contributed by atoms with Crippen LogP contribution in [0.4, 0.5) is 0 Å². The number of hydrogen-bond acceptors (Lipinski definition) is 12. The van der Waals surface area contributed by atoms with Gasteiger partial charge in [0.15, 0.2) is 16.9 Å². The van der Waals surface area contributed by atoms with Gasteiger partial charge in [-0.2, -0.15) is 0 Å². The van der Waals surface area contributed by atoms with Crippen LogP contribution < -0.4 is 14.9 Å². The van der Waals surface area contributed by atoms with E-state index in [0.29, 0.717) is 5.56 Å². The van der Waals surface area contributed by atoms with Crippen molar-refractivity contribution in [2.75, 3.05) is 13.7 Å². The first kappa shape index (κ1) is 25.3. The fourth-order valence-corrected chi connectivity index (χ4v) is 3.79. The minimum absolute atomic E-state index is 0.0283. The lowest BCUT2D eigenvalue weighted by Gasteiger charge is -2.40. The molecule has 2 aromatic carbocycles. The number of phenolic OH excluding ortho intramolecular Hbond substituents is 2. The molecule has 12 nitrogen and oxygen atoms in total. The lowest BCUT2D eigenvalue weighted by molar-refractivity contribution is -0.278. The molecule has 0 bridgehead atoms. The number of aliphatic hydroxyl groups is 3. The third-order valence-corrected chi connectivity index (χ3v) is 5.61. The summed E-state index contributed by atoms with van der Waals surface area (Å²) in [7, 11) is 1.35. The Labute approximate surface area is 203 Å². The van der Waals surface area contributed by atoms with E-state index in [1.54, 1.807) is 0 Å². The molecular formula is C24H24O12. The van der Waals surface area contributed by atoms with Gasteiger partial charge in [-0.3, -0.25) is 9.59 Å². The highest BCUT2D eigenvalue weighted by Gasteiger charge is 2.45.